The highest BCUT2D eigenvalue weighted by atomic mass is 32.2. The monoisotopic (exact) mass is 402 g/mol. The van der Waals surface area contributed by atoms with Gasteiger partial charge in [-0.3, -0.25) is 19.3 Å². The van der Waals surface area contributed by atoms with E-state index in [1.165, 1.54) is 24.9 Å². The van der Waals surface area contributed by atoms with Crippen molar-refractivity contribution < 1.29 is 24.3 Å². The molecule has 2 aliphatic rings. The minimum atomic E-state index is -1.27. The van der Waals surface area contributed by atoms with Crippen LogP contribution >= 0.6 is 11.8 Å². The molecule has 0 saturated carbocycles. The van der Waals surface area contributed by atoms with E-state index in [1.54, 1.807) is 0 Å². The van der Waals surface area contributed by atoms with Gasteiger partial charge in [-0.15, -0.1) is 11.8 Å². The molecule has 0 bridgehead atoms. The summed E-state index contributed by atoms with van der Waals surface area (Å²) in [5, 5.41) is 15.4. The number of hydrazone groups is 1. The van der Waals surface area contributed by atoms with E-state index in [0.717, 1.165) is 10.5 Å². The molecular formula is C18H18N4O5S. The number of nitrogens with zero attached hydrogens (tertiary/aromatic N) is 2. The molecule has 1 unspecified atom stereocenters. The molecule has 2 heterocycles. The number of fused-ring (bicyclic) bond motifs is 1. The van der Waals surface area contributed by atoms with Gasteiger partial charge in [0.25, 0.3) is 5.91 Å². The van der Waals surface area contributed by atoms with Gasteiger partial charge in [0.2, 0.25) is 11.8 Å². The predicted octanol–water partition coefficient (Wildman–Crippen LogP) is 0.0896. The average Bonchev–Trinajstić information content (AvgIpc) is 2.66. The maximum atomic E-state index is 12.5. The van der Waals surface area contributed by atoms with Crippen molar-refractivity contribution in [1.29, 1.82) is 0 Å². The molecule has 10 heteroatoms. The molecule has 2 aliphatic heterocycles. The van der Waals surface area contributed by atoms with Crippen molar-refractivity contribution in [1.82, 2.24) is 15.6 Å². The molecule has 3 rings (SSSR count). The number of amides is 3. The quantitative estimate of drug-likeness (QED) is 0.351. The molecule has 28 heavy (non-hydrogen) atoms. The molecule has 1 saturated heterocycles. The SMILES string of the molecule is CC(=O)N/N=C/C1=C(C(=O)O)N2C(=O)C(NC(=O)Cc3ccccc3)[C@H]2SC1. The lowest BCUT2D eigenvalue weighted by molar-refractivity contribution is -0.150. The minimum absolute atomic E-state index is 0.137. The van der Waals surface area contributed by atoms with Gasteiger partial charge < -0.3 is 10.4 Å². The molecule has 0 aromatic heterocycles. The molecule has 0 spiro atoms. The maximum Gasteiger partial charge on any atom is 0.353 e. The van der Waals surface area contributed by atoms with Crippen molar-refractivity contribution >= 4 is 41.7 Å². The van der Waals surface area contributed by atoms with Gasteiger partial charge in [0, 0.05) is 18.2 Å². The third-order valence-electron chi connectivity index (χ3n) is 4.17. The predicted molar refractivity (Wildman–Crippen MR) is 102 cm³/mol. The standard InChI is InChI=1S/C18H18N4O5S/c1-10(23)21-19-8-12-9-28-17-14(16(25)22(17)15(12)18(26)27)20-13(24)7-11-5-3-2-4-6-11/h2-6,8,14,17H,7,9H2,1H3,(H,20,24)(H,21,23)(H,26,27)/b19-8+/t14?,17-/m1/s1. The molecule has 3 N–H and O–H groups in total. The van der Waals surface area contributed by atoms with Crippen LogP contribution in [0.1, 0.15) is 12.5 Å². The summed E-state index contributed by atoms with van der Waals surface area (Å²) in [6.45, 7) is 1.27. The van der Waals surface area contributed by atoms with Crippen LogP contribution < -0.4 is 10.7 Å². The number of carbonyl (C=O) groups is 4. The van der Waals surface area contributed by atoms with Crippen LogP contribution in [0.15, 0.2) is 46.7 Å². The Morgan fingerprint density at radius 2 is 2.04 bits per heavy atom. The Morgan fingerprint density at radius 3 is 2.68 bits per heavy atom. The first-order valence-corrected chi connectivity index (χ1v) is 9.47. The summed E-state index contributed by atoms with van der Waals surface area (Å²) < 4.78 is 0. The maximum absolute atomic E-state index is 12.5. The van der Waals surface area contributed by atoms with Crippen molar-refractivity contribution in [2.75, 3.05) is 5.75 Å². The molecule has 1 aromatic rings. The number of nitrogens with one attached hydrogen (secondary N) is 2. The van der Waals surface area contributed by atoms with E-state index < -0.39 is 29.2 Å². The van der Waals surface area contributed by atoms with Gasteiger partial charge >= 0.3 is 5.97 Å². The Morgan fingerprint density at radius 1 is 1.32 bits per heavy atom. The van der Waals surface area contributed by atoms with Crippen LogP contribution in [0.2, 0.25) is 0 Å². The van der Waals surface area contributed by atoms with Gasteiger partial charge in [0.15, 0.2) is 0 Å². The lowest BCUT2D eigenvalue weighted by Crippen LogP contribution is -2.70. The fourth-order valence-corrected chi connectivity index (χ4v) is 4.25. The molecule has 1 aromatic carbocycles. The zero-order valence-corrected chi connectivity index (χ0v) is 15.7. The highest BCUT2D eigenvalue weighted by Gasteiger charge is 2.54. The topological polar surface area (TPSA) is 128 Å². The van der Waals surface area contributed by atoms with E-state index in [1.807, 2.05) is 30.3 Å². The van der Waals surface area contributed by atoms with E-state index in [0.29, 0.717) is 5.57 Å². The fraction of sp³-hybridized carbons (Fsp3) is 0.278. The van der Waals surface area contributed by atoms with Crippen LogP contribution in [-0.4, -0.2) is 57.1 Å². The summed E-state index contributed by atoms with van der Waals surface area (Å²) in [6.07, 6.45) is 1.36. The van der Waals surface area contributed by atoms with E-state index in [-0.39, 0.29) is 23.8 Å². The third-order valence-corrected chi connectivity index (χ3v) is 5.47. The van der Waals surface area contributed by atoms with E-state index >= 15 is 0 Å². The molecule has 0 radical (unpaired) electrons. The number of aliphatic carboxylic acids is 1. The van der Waals surface area contributed by atoms with Crippen molar-refractivity contribution in [2.45, 2.75) is 24.8 Å². The lowest BCUT2D eigenvalue weighted by Gasteiger charge is -2.49. The smallest absolute Gasteiger partial charge is 0.353 e. The number of benzene rings is 1. The van der Waals surface area contributed by atoms with E-state index in [2.05, 4.69) is 15.8 Å². The zero-order chi connectivity index (χ0) is 20.3. The summed E-state index contributed by atoms with van der Waals surface area (Å²) >= 11 is 1.33. The number of hydrogen-bond acceptors (Lipinski definition) is 6. The van der Waals surface area contributed by atoms with Crippen LogP contribution in [0, 0.1) is 0 Å². The Balaban J connectivity index is 1.70. The molecule has 2 atom stereocenters. The van der Waals surface area contributed by atoms with Gasteiger partial charge in [-0.1, -0.05) is 30.3 Å². The van der Waals surface area contributed by atoms with Crippen molar-refractivity contribution in [2.24, 2.45) is 5.10 Å². The number of carbonyl (C=O) groups excluding carboxylic acids is 3. The normalized spacial score (nSPS) is 21.2. The summed E-state index contributed by atoms with van der Waals surface area (Å²) in [4.78, 5) is 48.5. The van der Waals surface area contributed by atoms with Gasteiger partial charge in [-0.05, 0) is 5.56 Å². The molecule has 1 fully saturated rings. The number of hydrogen-bond donors (Lipinski definition) is 3. The first-order chi connectivity index (χ1) is 13.4. The van der Waals surface area contributed by atoms with Crippen molar-refractivity contribution in [3.8, 4) is 0 Å². The highest BCUT2D eigenvalue weighted by molar-refractivity contribution is 8.00. The third kappa shape index (κ3) is 4.06. The van der Waals surface area contributed by atoms with Gasteiger partial charge in [0.05, 0.1) is 12.6 Å². The minimum Gasteiger partial charge on any atom is -0.477 e. The summed E-state index contributed by atoms with van der Waals surface area (Å²) in [5.41, 5.74) is 3.15. The Bertz CT molecular complexity index is 883. The first-order valence-electron chi connectivity index (χ1n) is 8.42. The van der Waals surface area contributed by atoms with Crippen LogP contribution in [0.25, 0.3) is 0 Å². The Hall–Kier alpha value is -3.14. The second kappa shape index (κ2) is 8.26. The Kier molecular flexibility index (Phi) is 5.78. The van der Waals surface area contributed by atoms with Gasteiger partial charge in [0.1, 0.15) is 17.1 Å². The van der Waals surface area contributed by atoms with Crippen molar-refractivity contribution in [3.63, 3.8) is 0 Å². The molecular weight excluding hydrogens is 384 g/mol. The number of carboxylic acid groups (broad SMARTS) is 1. The number of rotatable bonds is 6. The molecule has 146 valence electrons. The molecule has 9 nitrogen and oxygen atoms in total. The lowest BCUT2D eigenvalue weighted by atomic mass is 10.0. The highest BCUT2D eigenvalue weighted by Crippen LogP contribution is 2.39. The molecule has 0 aliphatic carbocycles. The number of β-lactam (4-membered cyclic amide) rings is 1. The molecule has 3 amide bonds. The van der Waals surface area contributed by atoms with Crippen molar-refractivity contribution in [3.05, 3.63) is 47.2 Å². The number of thioether (sulfide) groups is 1. The van der Waals surface area contributed by atoms with Crippen LogP contribution in [0.5, 0.6) is 0 Å². The van der Waals surface area contributed by atoms with Crippen LogP contribution in [0.4, 0.5) is 0 Å². The second-order valence-corrected chi connectivity index (χ2v) is 7.33. The Labute approximate surface area is 164 Å². The summed E-state index contributed by atoms with van der Waals surface area (Å²) in [5.74, 6) is -2.16. The summed E-state index contributed by atoms with van der Waals surface area (Å²) in [6, 6.07) is 8.35. The fourth-order valence-electron chi connectivity index (χ4n) is 2.95. The van der Waals surface area contributed by atoms with Crippen LogP contribution in [0.3, 0.4) is 0 Å². The largest absolute Gasteiger partial charge is 0.477 e. The summed E-state index contributed by atoms with van der Waals surface area (Å²) in [7, 11) is 0. The van der Waals surface area contributed by atoms with E-state index in [9.17, 15) is 24.3 Å². The van der Waals surface area contributed by atoms with Crippen LogP contribution in [-0.2, 0) is 25.6 Å². The number of carboxylic acids is 1. The van der Waals surface area contributed by atoms with E-state index in [4.69, 9.17) is 0 Å². The van der Waals surface area contributed by atoms with Gasteiger partial charge in [-0.25, -0.2) is 10.2 Å². The first kappa shape index (κ1) is 19.6. The average molecular weight is 402 g/mol. The van der Waals surface area contributed by atoms with Gasteiger partial charge in [-0.2, -0.15) is 5.10 Å². The second-order valence-electron chi connectivity index (χ2n) is 6.22. The zero-order valence-electron chi connectivity index (χ0n) is 14.9.